The van der Waals surface area contributed by atoms with E-state index in [9.17, 15) is 19.5 Å². The number of aromatic nitrogens is 3. The number of aryl methyl sites for hydroxylation is 1. The van der Waals surface area contributed by atoms with Crippen molar-refractivity contribution in [1.29, 1.82) is 0 Å². The maximum atomic E-state index is 13.0. The molecule has 3 heterocycles. The van der Waals surface area contributed by atoms with Crippen LogP contribution in [0.25, 0.3) is 22.4 Å². The van der Waals surface area contributed by atoms with Crippen LogP contribution in [0.2, 0.25) is 5.02 Å². The molecule has 2 N–H and O–H groups in total. The lowest BCUT2D eigenvalue weighted by atomic mass is 9.96. The number of ether oxygens (including phenoxy) is 1. The van der Waals surface area contributed by atoms with Crippen LogP contribution in [-0.2, 0) is 20.6 Å². The number of hydrogen-bond acceptors (Lipinski definition) is 7. The molecule has 0 unspecified atom stereocenters. The summed E-state index contributed by atoms with van der Waals surface area (Å²) < 4.78 is 7.66. The van der Waals surface area contributed by atoms with Crippen LogP contribution in [0.1, 0.15) is 21.5 Å². The highest BCUT2D eigenvalue weighted by atomic mass is 35.5. The standard InChI is InChI=1S/C30H30ClN5O5/c1-17-20(7-6-10-24(17)32-27(38)23-16-34(2)30(40)35(3)29(23)39)21-8-5-9-22(26(21)31)25-12-11-18(28(33-25)41-4)13-36-14-19(37)15-36/h5-12,16,19,37H,13-15H2,1-4H3,(H,32,38). The number of rotatable bonds is 7. The number of hydrogen-bond donors (Lipinski definition) is 2. The number of nitrogens with one attached hydrogen (secondary N) is 1. The van der Waals surface area contributed by atoms with Crippen LogP contribution in [0.5, 0.6) is 5.88 Å². The Labute approximate surface area is 241 Å². The number of amides is 1. The van der Waals surface area contributed by atoms with Gasteiger partial charge in [0.2, 0.25) is 5.88 Å². The lowest BCUT2D eigenvalue weighted by molar-refractivity contribution is -0.00330. The third kappa shape index (κ3) is 5.41. The molecule has 0 spiro atoms. The molecule has 1 aliphatic heterocycles. The summed E-state index contributed by atoms with van der Waals surface area (Å²) in [5.74, 6) is -0.124. The molecule has 0 saturated carbocycles. The van der Waals surface area contributed by atoms with Crippen molar-refractivity contribution >= 4 is 23.2 Å². The molecular weight excluding hydrogens is 546 g/mol. The molecule has 4 aromatic rings. The SMILES string of the molecule is COc1nc(-c2cccc(-c3cccc(NC(=O)c4cn(C)c(=O)n(C)c4=O)c3C)c2Cl)ccc1CN1CC(O)C1. The highest BCUT2D eigenvalue weighted by molar-refractivity contribution is 6.36. The molecule has 11 heteroatoms. The number of aliphatic hydroxyl groups is 1. The van der Waals surface area contributed by atoms with Gasteiger partial charge in [0.25, 0.3) is 11.5 Å². The minimum atomic E-state index is -0.674. The van der Waals surface area contributed by atoms with Crippen LogP contribution in [0.4, 0.5) is 5.69 Å². The van der Waals surface area contributed by atoms with E-state index in [1.165, 1.54) is 24.9 Å². The van der Waals surface area contributed by atoms with Gasteiger partial charge >= 0.3 is 5.69 Å². The van der Waals surface area contributed by atoms with Gasteiger partial charge in [0, 0.05) is 62.3 Å². The van der Waals surface area contributed by atoms with E-state index in [4.69, 9.17) is 21.3 Å². The molecule has 1 saturated heterocycles. The van der Waals surface area contributed by atoms with Gasteiger partial charge in [0.05, 0.1) is 23.9 Å². The molecule has 0 atom stereocenters. The van der Waals surface area contributed by atoms with Gasteiger partial charge in [0.15, 0.2) is 0 Å². The second-order valence-corrected chi connectivity index (χ2v) is 10.5. The van der Waals surface area contributed by atoms with E-state index in [-0.39, 0.29) is 11.7 Å². The number of pyridine rings is 1. The quantitative estimate of drug-likeness (QED) is 0.347. The van der Waals surface area contributed by atoms with Crippen molar-refractivity contribution in [1.82, 2.24) is 19.0 Å². The van der Waals surface area contributed by atoms with Gasteiger partial charge in [-0.3, -0.25) is 19.1 Å². The number of carbonyl (C=O) groups is 1. The molecule has 0 aliphatic carbocycles. The van der Waals surface area contributed by atoms with Crippen LogP contribution >= 0.6 is 11.6 Å². The lowest BCUT2D eigenvalue weighted by Crippen LogP contribution is -2.49. The van der Waals surface area contributed by atoms with Gasteiger partial charge in [-0.25, -0.2) is 9.78 Å². The first-order chi connectivity index (χ1) is 19.6. The zero-order valence-corrected chi connectivity index (χ0v) is 23.9. The van der Waals surface area contributed by atoms with E-state index in [2.05, 4.69) is 10.2 Å². The Morgan fingerprint density at radius 1 is 1.07 bits per heavy atom. The van der Waals surface area contributed by atoms with Crippen molar-refractivity contribution < 1.29 is 14.6 Å². The number of halogens is 1. The van der Waals surface area contributed by atoms with Crippen molar-refractivity contribution in [3.8, 4) is 28.3 Å². The minimum Gasteiger partial charge on any atom is -0.481 e. The second-order valence-electron chi connectivity index (χ2n) is 10.1. The summed E-state index contributed by atoms with van der Waals surface area (Å²) in [5.41, 5.74) is 3.74. The average molecular weight is 576 g/mol. The number of anilines is 1. The monoisotopic (exact) mass is 575 g/mol. The lowest BCUT2D eigenvalue weighted by Gasteiger charge is -2.35. The maximum absolute atomic E-state index is 13.0. The number of likely N-dealkylation sites (tertiary alicyclic amines) is 1. The number of nitrogens with zero attached hydrogens (tertiary/aromatic N) is 4. The predicted molar refractivity (Wildman–Crippen MR) is 158 cm³/mol. The summed E-state index contributed by atoms with van der Waals surface area (Å²) in [6, 6.07) is 15.0. The van der Waals surface area contributed by atoms with Gasteiger partial charge in [-0.15, -0.1) is 0 Å². The summed E-state index contributed by atoms with van der Waals surface area (Å²) in [5, 5.41) is 12.9. The zero-order valence-electron chi connectivity index (χ0n) is 23.1. The fourth-order valence-corrected chi connectivity index (χ4v) is 5.31. The Balaban J connectivity index is 1.46. The van der Waals surface area contributed by atoms with Gasteiger partial charge in [-0.1, -0.05) is 48.0 Å². The number of aliphatic hydroxyl groups excluding tert-OH is 1. The van der Waals surface area contributed by atoms with E-state index >= 15 is 0 Å². The van der Waals surface area contributed by atoms with E-state index in [0.29, 0.717) is 41.9 Å². The second kappa shape index (κ2) is 11.3. The van der Waals surface area contributed by atoms with Crippen molar-refractivity contribution in [2.24, 2.45) is 14.1 Å². The smallest absolute Gasteiger partial charge is 0.330 e. The predicted octanol–water partition coefficient (Wildman–Crippen LogP) is 3.21. The van der Waals surface area contributed by atoms with Crippen molar-refractivity contribution in [3.05, 3.63) is 97.3 Å². The fraction of sp³-hybridized carbons (Fsp3) is 0.267. The van der Waals surface area contributed by atoms with Gasteiger partial charge in [-0.05, 0) is 30.2 Å². The van der Waals surface area contributed by atoms with Crippen LogP contribution in [0, 0.1) is 6.92 Å². The average Bonchev–Trinajstić information content (AvgIpc) is 2.94. The first kappa shape index (κ1) is 28.3. The highest BCUT2D eigenvalue weighted by Crippen LogP contribution is 2.39. The number of benzene rings is 2. The number of methoxy groups -OCH3 is 1. The minimum absolute atomic E-state index is 0.145. The first-order valence-electron chi connectivity index (χ1n) is 13.0. The molecular formula is C30H30ClN5O5. The molecule has 1 aliphatic rings. The Morgan fingerprint density at radius 2 is 1.76 bits per heavy atom. The summed E-state index contributed by atoms with van der Waals surface area (Å²) in [6.45, 7) is 3.73. The summed E-state index contributed by atoms with van der Waals surface area (Å²) in [4.78, 5) is 44.5. The first-order valence-corrected chi connectivity index (χ1v) is 13.4. The Hall–Kier alpha value is -4.25. The van der Waals surface area contributed by atoms with Crippen LogP contribution in [0.15, 0.2) is 64.3 Å². The molecule has 10 nitrogen and oxygen atoms in total. The molecule has 0 radical (unpaired) electrons. The molecule has 212 valence electrons. The topological polar surface area (TPSA) is 119 Å². The van der Waals surface area contributed by atoms with Crippen LogP contribution in [-0.4, -0.2) is 56.3 Å². The molecule has 5 rings (SSSR count). The summed E-state index contributed by atoms with van der Waals surface area (Å²) in [7, 11) is 4.39. The van der Waals surface area contributed by atoms with Crippen LogP contribution in [0.3, 0.4) is 0 Å². The third-order valence-corrected chi connectivity index (χ3v) is 7.71. The highest BCUT2D eigenvalue weighted by Gasteiger charge is 2.25. The van der Waals surface area contributed by atoms with E-state index in [1.807, 2.05) is 43.3 Å². The molecule has 2 aromatic carbocycles. The largest absolute Gasteiger partial charge is 0.481 e. The van der Waals surface area contributed by atoms with Crippen LogP contribution < -0.4 is 21.3 Å². The molecule has 0 bridgehead atoms. The van der Waals surface area contributed by atoms with E-state index in [0.717, 1.165) is 32.4 Å². The van der Waals surface area contributed by atoms with Gasteiger partial charge in [0.1, 0.15) is 5.56 Å². The number of carbonyl (C=O) groups excluding carboxylic acids is 1. The fourth-order valence-electron chi connectivity index (χ4n) is 4.98. The maximum Gasteiger partial charge on any atom is 0.330 e. The molecule has 1 fully saturated rings. The van der Waals surface area contributed by atoms with Crippen molar-refractivity contribution in [2.75, 3.05) is 25.5 Å². The van der Waals surface area contributed by atoms with E-state index in [1.54, 1.807) is 19.2 Å². The Morgan fingerprint density at radius 3 is 2.46 bits per heavy atom. The number of β-amino-alcohol motifs (C(OH)–C–C–N with tert-alkyl or cyclic N) is 1. The normalized spacial score (nSPS) is 13.6. The van der Waals surface area contributed by atoms with E-state index < -0.39 is 17.2 Å². The summed E-state index contributed by atoms with van der Waals surface area (Å²) >= 11 is 6.96. The van der Waals surface area contributed by atoms with Crippen molar-refractivity contribution in [2.45, 2.75) is 19.6 Å². The Kier molecular flexibility index (Phi) is 7.81. The van der Waals surface area contributed by atoms with Gasteiger partial charge in [-0.2, -0.15) is 0 Å². The molecule has 2 aromatic heterocycles. The molecule has 41 heavy (non-hydrogen) atoms. The zero-order chi connectivity index (χ0) is 29.4. The van der Waals surface area contributed by atoms with Gasteiger partial charge < -0.3 is 19.7 Å². The van der Waals surface area contributed by atoms with Crippen molar-refractivity contribution in [3.63, 3.8) is 0 Å². The Bertz CT molecular complexity index is 1770. The molecule has 1 amide bonds. The third-order valence-electron chi connectivity index (χ3n) is 7.30. The summed E-state index contributed by atoms with van der Waals surface area (Å²) in [6.07, 6.45) is 0.949.